The lowest BCUT2D eigenvalue weighted by Crippen LogP contribution is -2.15. The highest BCUT2D eigenvalue weighted by atomic mass is 14.9. The fourth-order valence-corrected chi connectivity index (χ4v) is 10.1. The lowest BCUT2D eigenvalue weighted by atomic mass is 9.81. The third kappa shape index (κ3) is 6.09. The second-order valence-corrected chi connectivity index (χ2v) is 17.3. The van der Waals surface area contributed by atoms with Gasteiger partial charge in [0.2, 0.25) is 0 Å². The van der Waals surface area contributed by atoms with Gasteiger partial charge in [0.05, 0.1) is 11.4 Å². The van der Waals surface area contributed by atoms with Gasteiger partial charge in [-0.2, -0.15) is 0 Å². The van der Waals surface area contributed by atoms with E-state index in [-0.39, 0.29) is 5.41 Å². The zero-order valence-electron chi connectivity index (χ0n) is 35.2. The van der Waals surface area contributed by atoms with E-state index in [1.807, 2.05) is 6.07 Å². The van der Waals surface area contributed by atoms with Crippen LogP contribution in [0.4, 0.5) is 0 Å². The van der Waals surface area contributed by atoms with Crippen molar-refractivity contribution in [1.29, 1.82) is 0 Å². The van der Waals surface area contributed by atoms with Crippen LogP contribution in [-0.2, 0) is 5.41 Å². The molecule has 11 aromatic rings. The Bertz CT molecular complexity index is 3570. The highest BCUT2D eigenvalue weighted by Crippen LogP contribution is 2.52. The van der Waals surface area contributed by atoms with Crippen molar-refractivity contribution >= 4 is 32.3 Å². The van der Waals surface area contributed by atoms with Crippen LogP contribution in [0.1, 0.15) is 25.0 Å². The van der Waals surface area contributed by atoms with Crippen LogP contribution in [0.25, 0.3) is 111 Å². The van der Waals surface area contributed by atoms with Gasteiger partial charge in [-0.05, 0) is 106 Å². The standard InChI is InChI=1S/C61H42N2/c1-61(2)55-36-30-41-17-9-10-20-46(41)59(55)54-31-29-44(37-56(54)61)45-32-33-51(48-22-12-11-21-47(45)48)52-34-35-53(50-24-14-13-23-49(50)52)60-62-57(42-18-7-4-8-19-42)38-58(63-60)43-27-25-40(26-28-43)39-15-5-3-6-16-39/h3-38H,1-2H3. The van der Waals surface area contributed by atoms with E-state index < -0.39 is 0 Å². The summed E-state index contributed by atoms with van der Waals surface area (Å²) in [5.74, 6) is 0.705. The number of aromatic nitrogens is 2. The van der Waals surface area contributed by atoms with E-state index in [4.69, 9.17) is 9.97 Å². The van der Waals surface area contributed by atoms with Crippen molar-refractivity contribution in [1.82, 2.24) is 9.97 Å². The van der Waals surface area contributed by atoms with Crippen molar-refractivity contribution in [3.63, 3.8) is 0 Å². The maximum Gasteiger partial charge on any atom is 0.161 e. The summed E-state index contributed by atoms with van der Waals surface area (Å²) >= 11 is 0. The van der Waals surface area contributed by atoms with Gasteiger partial charge in [-0.15, -0.1) is 0 Å². The Morgan fingerprint density at radius 1 is 0.302 bits per heavy atom. The number of hydrogen-bond acceptors (Lipinski definition) is 2. The molecule has 2 nitrogen and oxygen atoms in total. The van der Waals surface area contributed by atoms with Crippen LogP contribution in [0.2, 0.25) is 0 Å². The van der Waals surface area contributed by atoms with Crippen LogP contribution < -0.4 is 0 Å². The average molecular weight is 803 g/mol. The molecular weight excluding hydrogens is 761 g/mol. The van der Waals surface area contributed by atoms with E-state index in [0.29, 0.717) is 5.82 Å². The van der Waals surface area contributed by atoms with Crippen molar-refractivity contribution in [3.8, 4) is 78.4 Å². The highest BCUT2D eigenvalue weighted by molar-refractivity contribution is 6.12. The first-order chi connectivity index (χ1) is 31.0. The summed E-state index contributed by atoms with van der Waals surface area (Å²) in [4.78, 5) is 10.6. The summed E-state index contributed by atoms with van der Waals surface area (Å²) in [5.41, 5.74) is 17.5. The van der Waals surface area contributed by atoms with E-state index in [9.17, 15) is 0 Å². The molecule has 296 valence electrons. The van der Waals surface area contributed by atoms with Gasteiger partial charge in [0.25, 0.3) is 0 Å². The molecule has 1 aliphatic carbocycles. The van der Waals surface area contributed by atoms with Crippen molar-refractivity contribution in [2.75, 3.05) is 0 Å². The minimum absolute atomic E-state index is 0.112. The van der Waals surface area contributed by atoms with Gasteiger partial charge in [0.15, 0.2) is 5.82 Å². The zero-order chi connectivity index (χ0) is 42.1. The van der Waals surface area contributed by atoms with Crippen molar-refractivity contribution in [2.45, 2.75) is 19.3 Å². The van der Waals surface area contributed by atoms with Gasteiger partial charge in [0.1, 0.15) is 0 Å². The molecule has 0 bridgehead atoms. The maximum absolute atomic E-state index is 5.30. The molecule has 0 saturated carbocycles. The molecule has 10 aromatic carbocycles. The van der Waals surface area contributed by atoms with Crippen LogP contribution in [0.5, 0.6) is 0 Å². The Kier molecular flexibility index (Phi) is 8.55. The third-order valence-electron chi connectivity index (χ3n) is 13.3. The normalized spacial score (nSPS) is 12.7. The summed E-state index contributed by atoms with van der Waals surface area (Å²) in [6, 6.07) is 79.0. The molecule has 0 atom stereocenters. The number of nitrogens with zero attached hydrogens (tertiary/aromatic N) is 2. The van der Waals surface area contributed by atoms with E-state index in [0.717, 1.165) is 33.5 Å². The van der Waals surface area contributed by atoms with Gasteiger partial charge in [-0.25, -0.2) is 9.97 Å². The Morgan fingerprint density at radius 2 is 0.746 bits per heavy atom. The van der Waals surface area contributed by atoms with Gasteiger partial charge < -0.3 is 0 Å². The van der Waals surface area contributed by atoms with Gasteiger partial charge in [-0.1, -0.05) is 214 Å². The molecule has 0 spiro atoms. The van der Waals surface area contributed by atoms with E-state index >= 15 is 0 Å². The molecule has 0 unspecified atom stereocenters. The monoisotopic (exact) mass is 802 g/mol. The summed E-state index contributed by atoms with van der Waals surface area (Å²) in [6.07, 6.45) is 0. The predicted molar refractivity (Wildman–Crippen MR) is 265 cm³/mol. The Labute approximate surface area is 367 Å². The molecule has 0 radical (unpaired) electrons. The first kappa shape index (κ1) is 36.9. The van der Waals surface area contributed by atoms with Gasteiger partial charge in [0, 0.05) is 22.1 Å². The maximum atomic E-state index is 5.30. The van der Waals surface area contributed by atoms with Crippen LogP contribution in [-0.4, -0.2) is 9.97 Å². The molecule has 0 aliphatic heterocycles. The predicted octanol–water partition coefficient (Wildman–Crippen LogP) is 16.2. The molecule has 1 heterocycles. The second kappa shape index (κ2) is 14.6. The van der Waals surface area contributed by atoms with Crippen LogP contribution >= 0.6 is 0 Å². The highest BCUT2D eigenvalue weighted by Gasteiger charge is 2.36. The molecule has 1 aliphatic rings. The summed E-state index contributed by atoms with van der Waals surface area (Å²) in [6.45, 7) is 4.75. The molecule has 12 rings (SSSR count). The summed E-state index contributed by atoms with van der Waals surface area (Å²) in [5, 5.41) is 7.36. The Balaban J connectivity index is 0.973. The lowest BCUT2D eigenvalue weighted by molar-refractivity contribution is 0.661. The van der Waals surface area contributed by atoms with Crippen LogP contribution in [0.15, 0.2) is 218 Å². The third-order valence-corrected chi connectivity index (χ3v) is 13.3. The molecular formula is C61H42N2. The second-order valence-electron chi connectivity index (χ2n) is 17.3. The van der Waals surface area contributed by atoms with Crippen molar-refractivity contribution in [2.24, 2.45) is 0 Å². The van der Waals surface area contributed by atoms with Crippen molar-refractivity contribution in [3.05, 3.63) is 230 Å². The first-order valence-corrected chi connectivity index (χ1v) is 21.8. The summed E-state index contributed by atoms with van der Waals surface area (Å²) in [7, 11) is 0. The first-order valence-electron chi connectivity index (χ1n) is 21.8. The molecule has 1 aromatic heterocycles. The Morgan fingerprint density at radius 3 is 1.40 bits per heavy atom. The van der Waals surface area contributed by atoms with E-state index in [1.165, 1.54) is 82.6 Å². The molecule has 63 heavy (non-hydrogen) atoms. The molecule has 0 amide bonds. The van der Waals surface area contributed by atoms with E-state index in [2.05, 4.69) is 226 Å². The van der Waals surface area contributed by atoms with Gasteiger partial charge in [-0.3, -0.25) is 0 Å². The van der Waals surface area contributed by atoms with Crippen LogP contribution in [0.3, 0.4) is 0 Å². The number of rotatable bonds is 6. The average Bonchev–Trinajstić information content (AvgIpc) is 3.59. The SMILES string of the molecule is CC1(C)c2cc(-c3ccc(-c4ccc(-c5nc(-c6ccccc6)cc(-c6ccc(-c7ccccc7)cc6)n5)c5ccccc45)c4ccccc34)ccc2-c2c1ccc1ccccc21. The number of benzene rings is 10. The van der Waals surface area contributed by atoms with Gasteiger partial charge >= 0.3 is 0 Å². The summed E-state index contributed by atoms with van der Waals surface area (Å²) < 4.78 is 0. The molecule has 0 N–H and O–H groups in total. The van der Waals surface area contributed by atoms with Crippen LogP contribution in [0, 0.1) is 0 Å². The minimum Gasteiger partial charge on any atom is -0.228 e. The smallest absolute Gasteiger partial charge is 0.161 e. The quantitative estimate of drug-likeness (QED) is 0.167. The lowest BCUT2D eigenvalue weighted by Gasteiger charge is -2.22. The zero-order valence-corrected chi connectivity index (χ0v) is 35.2. The van der Waals surface area contributed by atoms with Crippen molar-refractivity contribution < 1.29 is 0 Å². The van der Waals surface area contributed by atoms with E-state index in [1.54, 1.807) is 0 Å². The minimum atomic E-state index is -0.112. The number of hydrogen-bond donors (Lipinski definition) is 0. The molecule has 0 saturated heterocycles. The largest absolute Gasteiger partial charge is 0.228 e. The topological polar surface area (TPSA) is 25.8 Å². The molecule has 0 fully saturated rings. The fraction of sp³-hybridized carbons (Fsp3) is 0.0492. The molecule has 2 heteroatoms. The number of fused-ring (bicyclic) bond motifs is 7. The fourth-order valence-electron chi connectivity index (χ4n) is 10.1. The Hall–Kier alpha value is -7.94.